The summed E-state index contributed by atoms with van der Waals surface area (Å²) in [6.07, 6.45) is 3.06. The second kappa shape index (κ2) is 7.86. The van der Waals surface area contributed by atoms with Crippen molar-refractivity contribution in [3.63, 3.8) is 0 Å². The van der Waals surface area contributed by atoms with Crippen LogP contribution >= 0.6 is 0 Å². The molecule has 150 valence electrons. The van der Waals surface area contributed by atoms with Gasteiger partial charge < -0.3 is 14.6 Å². The molecular formula is C20H19FN4O4. The highest BCUT2D eigenvalue weighted by atomic mass is 19.1. The molecule has 1 aromatic carbocycles. The Balaban J connectivity index is 1.33. The van der Waals surface area contributed by atoms with Crippen molar-refractivity contribution in [1.29, 1.82) is 0 Å². The number of carbonyl (C=O) groups is 2. The average molecular weight is 398 g/mol. The summed E-state index contributed by atoms with van der Waals surface area (Å²) in [7, 11) is 0. The van der Waals surface area contributed by atoms with Gasteiger partial charge in [-0.3, -0.25) is 19.0 Å². The van der Waals surface area contributed by atoms with Gasteiger partial charge in [0.2, 0.25) is 11.8 Å². The molecule has 0 aliphatic carbocycles. The lowest BCUT2D eigenvalue weighted by molar-refractivity contribution is -0.129. The molecule has 1 N–H and O–H groups in total. The van der Waals surface area contributed by atoms with Crippen molar-refractivity contribution < 1.29 is 18.4 Å². The predicted octanol–water partition coefficient (Wildman–Crippen LogP) is 1.29. The van der Waals surface area contributed by atoms with Gasteiger partial charge in [0, 0.05) is 26.1 Å². The summed E-state index contributed by atoms with van der Waals surface area (Å²) in [5.74, 6) is -0.629. The van der Waals surface area contributed by atoms with Crippen molar-refractivity contribution in [1.82, 2.24) is 19.8 Å². The number of aromatic nitrogens is 2. The van der Waals surface area contributed by atoms with Crippen molar-refractivity contribution >= 4 is 22.7 Å². The van der Waals surface area contributed by atoms with Gasteiger partial charge in [-0.25, -0.2) is 9.37 Å². The first-order valence-corrected chi connectivity index (χ1v) is 9.24. The van der Waals surface area contributed by atoms with E-state index in [1.807, 2.05) is 0 Å². The maximum atomic E-state index is 13.4. The molecule has 0 saturated carbocycles. The molecule has 0 radical (unpaired) electrons. The van der Waals surface area contributed by atoms with Crippen LogP contribution in [0.3, 0.4) is 0 Å². The Kier molecular flexibility index (Phi) is 5.11. The fourth-order valence-corrected chi connectivity index (χ4v) is 3.43. The summed E-state index contributed by atoms with van der Waals surface area (Å²) in [6.45, 7) is 1.05. The highest BCUT2D eigenvalue weighted by molar-refractivity contribution is 5.89. The summed E-state index contributed by atoms with van der Waals surface area (Å²) in [4.78, 5) is 42.7. The van der Waals surface area contributed by atoms with Crippen molar-refractivity contribution in [2.75, 3.05) is 13.1 Å². The van der Waals surface area contributed by atoms with Crippen LogP contribution in [0.4, 0.5) is 4.39 Å². The highest BCUT2D eigenvalue weighted by Crippen LogP contribution is 2.20. The fourth-order valence-electron chi connectivity index (χ4n) is 3.43. The topological polar surface area (TPSA) is 97.4 Å². The predicted molar refractivity (Wildman–Crippen MR) is 101 cm³/mol. The van der Waals surface area contributed by atoms with Crippen molar-refractivity contribution in [2.45, 2.75) is 19.5 Å². The number of rotatable bonds is 6. The summed E-state index contributed by atoms with van der Waals surface area (Å²) < 4.78 is 20.0. The van der Waals surface area contributed by atoms with Crippen molar-refractivity contribution in [3.05, 3.63) is 64.9 Å². The maximum absolute atomic E-state index is 13.4. The number of likely N-dealkylation sites (tertiary alicyclic amines) is 1. The molecular weight excluding hydrogens is 379 g/mol. The number of hydrogen-bond donors (Lipinski definition) is 1. The number of benzene rings is 1. The van der Waals surface area contributed by atoms with Gasteiger partial charge in [-0.2, -0.15) is 0 Å². The second-order valence-corrected chi connectivity index (χ2v) is 6.95. The number of halogens is 1. The lowest BCUT2D eigenvalue weighted by Crippen LogP contribution is -2.36. The summed E-state index contributed by atoms with van der Waals surface area (Å²) in [5, 5.41) is 2.95. The molecule has 29 heavy (non-hydrogen) atoms. The Morgan fingerprint density at radius 3 is 2.97 bits per heavy atom. The van der Waals surface area contributed by atoms with E-state index in [0.29, 0.717) is 24.4 Å². The molecule has 3 heterocycles. The highest BCUT2D eigenvalue weighted by Gasteiger charge is 2.34. The zero-order valence-corrected chi connectivity index (χ0v) is 15.5. The third kappa shape index (κ3) is 4.03. The number of nitrogens with one attached hydrogen (secondary N) is 1. The minimum absolute atomic E-state index is 0.0986. The van der Waals surface area contributed by atoms with E-state index in [0.717, 1.165) is 6.07 Å². The summed E-state index contributed by atoms with van der Waals surface area (Å²) in [6, 6.07) is 7.37. The molecule has 1 fully saturated rings. The molecule has 2 amide bonds. The first kappa shape index (κ1) is 18.9. The van der Waals surface area contributed by atoms with Crippen LogP contribution in [0.1, 0.15) is 12.2 Å². The first-order chi connectivity index (χ1) is 14.0. The van der Waals surface area contributed by atoms with E-state index < -0.39 is 11.7 Å². The molecule has 1 aliphatic heterocycles. The minimum atomic E-state index is -0.507. The summed E-state index contributed by atoms with van der Waals surface area (Å²) in [5.41, 5.74) is 0.0437. The molecule has 1 atom stereocenters. The fraction of sp³-hybridized carbons (Fsp3) is 0.300. The van der Waals surface area contributed by atoms with Crippen molar-refractivity contribution in [2.24, 2.45) is 5.92 Å². The zero-order valence-electron chi connectivity index (χ0n) is 15.5. The molecule has 1 saturated heterocycles. The standard InChI is InChI=1S/C20H19FN4O4/c21-14-3-4-17-16(9-14)20(28)24(12-23-17)6-5-22-19(27)13-8-18(26)25(10-13)11-15-2-1-7-29-15/h1-4,7,9,12-13H,5-6,8,10-11H2,(H,22,27). The number of carbonyl (C=O) groups excluding carboxylic acids is 2. The van der Waals surface area contributed by atoms with Gasteiger partial charge in [0.05, 0.1) is 36.0 Å². The SMILES string of the molecule is O=C(NCCn1cnc2ccc(F)cc2c1=O)C1CC(=O)N(Cc2ccco2)C1. The van der Waals surface area contributed by atoms with Gasteiger partial charge in [0.15, 0.2) is 0 Å². The van der Waals surface area contributed by atoms with Crippen LogP contribution in [0.15, 0.2) is 52.1 Å². The maximum Gasteiger partial charge on any atom is 0.261 e. The van der Waals surface area contributed by atoms with Gasteiger partial charge in [0.1, 0.15) is 11.6 Å². The molecule has 1 unspecified atom stereocenters. The largest absolute Gasteiger partial charge is 0.467 e. The molecule has 9 heteroatoms. The third-order valence-electron chi connectivity index (χ3n) is 4.95. The van der Waals surface area contributed by atoms with E-state index in [1.54, 1.807) is 17.0 Å². The molecule has 3 aromatic rings. The lowest BCUT2D eigenvalue weighted by Gasteiger charge is -2.15. The monoisotopic (exact) mass is 398 g/mol. The van der Waals surface area contributed by atoms with E-state index in [2.05, 4.69) is 10.3 Å². The normalized spacial score (nSPS) is 16.5. The Morgan fingerprint density at radius 1 is 1.31 bits per heavy atom. The smallest absolute Gasteiger partial charge is 0.261 e. The Labute approximate surface area is 164 Å². The number of furan rings is 1. The lowest BCUT2D eigenvalue weighted by atomic mass is 10.1. The second-order valence-electron chi connectivity index (χ2n) is 6.95. The number of fused-ring (bicyclic) bond motifs is 1. The van der Waals surface area contributed by atoms with Gasteiger partial charge in [-0.1, -0.05) is 0 Å². The van der Waals surface area contributed by atoms with Gasteiger partial charge in [-0.15, -0.1) is 0 Å². The molecule has 8 nitrogen and oxygen atoms in total. The van der Waals surface area contributed by atoms with Crippen LogP contribution in [-0.4, -0.2) is 39.4 Å². The Hall–Kier alpha value is -3.49. The number of hydrogen-bond acceptors (Lipinski definition) is 5. The third-order valence-corrected chi connectivity index (χ3v) is 4.95. The average Bonchev–Trinajstić information content (AvgIpc) is 3.34. The Morgan fingerprint density at radius 2 is 2.17 bits per heavy atom. The van der Waals surface area contributed by atoms with Crippen LogP contribution in [0.5, 0.6) is 0 Å². The van der Waals surface area contributed by atoms with Crippen LogP contribution in [0, 0.1) is 11.7 Å². The van der Waals surface area contributed by atoms with E-state index in [9.17, 15) is 18.8 Å². The van der Waals surface area contributed by atoms with E-state index in [1.165, 1.54) is 29.3 Å². The molecule has 4 rings (SSSR count). The molecule has 0 bridgehead atoms. The van der Waals surface area contributed by atoms with Crippen LogP contribution in [0.25, 0.3) is 10.9 Å². The molecule has 1 aliphatic rings. The van der Waals surface area contributed by atoms with E-state index >= 15 is 0 Å². The van der Waals surface area contributed by atoms with Crippen molar-refractivity contribution in [3.8, 4) is 0 Å². The van der Waals surface area contributed by atoms with Crippen LogP contribution in [0.2, 0.25) is 0 Å². The minimum Gasteiger partial charge on any atom is -0.467 e. The Bertz CT molecular complexity index is 1110. The number of nitrogens with zero attached hydrogens (tertiary/aromatic N) is 3. The first-order valence-electron chi connectivity index (χ1n) is 9.24. The zero-order chi connectivity index (χ0) is 20.4. The molecule has 2 aromatic heterocycles. The quantitative estimate of drug-likeness (QED) is 0.675. The van der Waals surface area contributed by atoms with Gasteiger partial charge in [0.25, 0.3) is 5.56 Å². The number of amides is 2. The summed E-state index contributed by atoms with van der Waals surface area (Å²) >= 11 is 0. The van der Waals surface area contributed by atoms with E-state index in [-0.39, 0.29) is 42.3 Å². The van der Waals surface area contributed by atoms with Crippen LogP contribution < -0.4 is 10.9 Å². The molecule has 0 spiro atoms. The van der Waals surface area contributed by atoms with Gasteiger partial charge >= 0.3 is 0 Å². The van der Waals surface area contributed by atoms with Crippen LogP contribution in [-0.2, 0) is 22.7 Å². The van der Waals surface area contributed by atoms with Gasteiger partial charge in [-0.05, 0) is 30.3 Å². The van der Waals surface area contributed by atoms with E-state index in [4.69, 9.17) is 4.42 Å².